The minimum atomic E-state index is -0.0581. The smallest absolute Gasteiger partial charge is 0.251 e. The lowest BCUT2D eigenvalue weighted by atomic mass is 10.1. The Kier molecular flexibility index (Phi) is 4.75. The van der Waals surface area contributed by atoms with E-state index < -0.39 is 0 Å². The van der Waals surface area contributed by atoms with Crippen molar-refractivity contribution in [1.82, 2.24) is 14.9 Å². The number of aryl methyl sites for hydroxylation is 1. The number of carbonyl (C=O) groups is 1. The molecule has 0 bridgehead atoms. The van der Waals surface area contributed by atoms with Crippen molar-refractivity contribution in [3.8, 4) is 0 Å². The molecule has 0 fully saturated rings. The molecule has 24 heavy (non-hydrogen) atoms. The highest BCUT2D eigenvalue weighted by molar-refractivity contribution is 5.94. The first-order valence-electron chi connectivity index (χ1n) is 8.04. The van der Waals surface area contributed by atoms with Crippen molar-refractivity contribution in [3.05, 3.63) is 89.5 Å². The largest absolute Gasteiger partial charge is 0.346 e. The van der Waals surface area contributed by atoms with Crippen LogP contribution in [0.1, 0.15) is 40.0 Å². The molecule has 0 aliphatic carbocycles. The van der Waals surface area contributed by atoms with E-state index in [4.69, 9.17) is 0 Å². The van der Waals surface area contributed by atoms with Gasteiger partial charge in [-0.2, -0.15) is 0 Å². The zero-order chi connectivity index (χ0) is 16.9. The van der Waals surface area contributed by atoms with E-state index in [1.807, 2.05) is 42.0 Å². The van der Waals surface area contributed by atoms with Crippen LogP contribution < -0.4 is 5.32 Å². The molecule has 2 aromatic carbocycles. The Balaban J connectivity index is 1.63. The first-order chi connectivity index (χ1) is 11.6. The van der Waals surface area contributed by atoms with Gasteiger partial charge in [-0.25, -0.2) is 4.98 Å². The zero-order valence-electron chi connectivity index (χ0n) is 13.9. The highest BCUT2D eigenvalue weighted by Crippen LogP contribution is 2.14. The van der Waals surface area contributed by atoms with Crippen molar-refractivity contribution in [2.75, 3.05) is 0 Å². The summed E-state index contributed by atoms with van der Waals surface area (Å²) in [6, 6.07) is 15.9. The molecule has 0 saturated heterocycles. The molecule has 122 valence electrons. The van der Waals surface area contributed by atoms with Crippen LogP contribution in [0.2, 0.25) is 0 Å². The third kappa shape index (κ3) is 3.90. The maximum Gasteiger partial charge on any atom is 0.251 e. The maximum absolute atomic E-state index is 12.4. The Labute approximate surface area is 142 Å². The molecule has 1 heterocycles. The van der Waals surface area contributed by atoms with Gasteiger partial charge in [0, 0.05) is 24.5 Å². The van der Waals surface area contributed by atoms with Crippen molar-refractivity contribution in [2.24, 2.45) is 0 Å². The number of rotatable bonds is 5. The van der Waals surface area contributed by atoms with Gasteiger partial charge in [0.1, 0.15) is 0 Å². The summed E-state index contributed by atoms with van der Waals surface area (Å²) in [5.41, 5.74) is 4.12. The fourth-order valence-corrected chi connectivity index (χ4v) is 2.57. The predicted molar refractivity (Wildman–Crippen MR) is 94.8 cm³/mol. The molecule has 4 nitrogen and oxygen atoms in total. The average Bonchev–Trinajstić information content (AvgIpc) is 3.09. The normalized spacial score (nSPS) is 11.9. The predicted octanol–water partition coefficient (Wildman–Crippen LogP) is 3.73. The van der Waals surface area contributed by atoms with E-state index in [1.54, 1.807) is 12.5 Å². The molecular formula is C20H21N3O. The van der Waals surface area contributed by atoms with Gasteiger partial charge in [-0.3, -0.25) is 4.79 Å². The highest BCUT2D eigenvalue weighted by atomic mass is 16.1. The van der Waals surface area contributed by atoms with Gasteiger partial charge in [0.2, 0.25) is 0 Å². The number of nitrogens with zero attached hydrogens (tertiary/aromatic N) is 2. The van der Waals surface area contributed by atoms with Crippen molar-refractivity contribution in [3.63, 3.8) is 0 Å². The van der Waals surface area contributed by atoms with Crippen LogP contribution in [0.5, 0.6) is 0 Å². The fourth-order valence-electron chi connectivity index (χ4n) is 2.57. The lowest BCUT2D eigenvalue weighted by Crippen LogP contribution is -2.26. The highest BCUT2D eigenvalue weighted by Gasteiger charge is 2.11. The molecule has 0 radical (unpaired) electrons. The van der Waals surface area contributed by atoms with Gasteiger partial charge < -0.3 is 9.88 Å². The number of aromatic nitrogens is 2. The molecule has 3 rings (SSSR count). The summed E-state index contributed by atoms with van der Waals surface area (Å²) in [5.74, 6) is -0.0581. The topological polar surface area (TPSA) is 46.9 Å². The Bertz CT molecular complexity index is 790. The number of hydrogen-bond acceptors (Lipinski definition) is 2. The number of amides is 1. The molecule has 4 heteroatoms. The zero-order valence-corrected chi connectivity index (χ0v) is 13.9. The molecule has 1 amide bonds. The second kappa shape index (κ2) is 7.13. The van der Waals surface area contributed by atoms with Gasteiger partial charge in [-0.1, -0.05) is 42.0 Å². The molecule has 0 saturated carbocycles. The second-order valence-corrected chi connectivity index (χ2v) is 6.04. The molecule has 3 aromatic rings. The van der Waals surface area contributed by atoms with Gasteiger partial charge in [0.15, 0.2) is 0 Å². The van der Waals surface area contributed by atoms with Gasteiger partial charge in [-0.15, -0.1) is 0 Å². The van der Waals surface area contributed by atoms with Gasteiger partial charge >= 0.3 is 0 Å². The quantitative estimate of drug-likeness (QED) is 0.779. The summed E-state index contributed by atoms with van der Waals surface area (Å²) in [4.78, 5) is 16.4. The molecule has 0 spiro atoms. The number of nitrogens with one attached hydrogen (secondary N) is 1. The summed E-state index contributed by atoms with van der Waals surface area (Å²) in [6.45, 7) is 4.80. The SMILES string of the molecule is Cc1ccc([C@H](C)NC(=O)c2ccc(Cn3ccnc3)cc2)cc1. The van der Waals surface area contributed by atoms with Crippen LogP contribution in [0.25, 0.3) is 0 Å². The first kappa shape index (κ1) is 16.0. The van der Waals surface area contributed by atoms with E-state index in [0.29, 0.717) is 5.56 Å². The third-order valence-electron chi connectivity index (χ3n) is 4.07. The van der Waals surface area contributed by atoms with Gasteiger partial charge in [-0.05, 0) is 37.1 Å². The van der Waals surface area contributed by atoms with Crippen LogP contribution in [-0.2, 0) is 6.54 Å². The minimum Gasteiger partial charge on any atom is -0.346 e. The van der Waals surface area contributed by atoms with Gasteiger partial charge in [0.05, 0.1) is 12.4 Å². The maximum atomic E-state index is 12.4. The molecule has 1 N–H and O–H groups in total. The van der Waals surface area contributed by atoms with Crippen LogP contribution >= 0.6 is 0 Å². The Morgan fingerprint density at radius 1 is 1.12 bits per heavy atom. The third-order valence-corrected chi connectivity index (χ3v) is 4.07. The summed E-state index contributed by atoms with van der Waals surface area (Å²) in [5, 5.41) is 3.04. The van der Waals surface area contributed by atoms with E-state index in [9.17, 15) is 4.79 Å². The summed E-state index contributed by atoms with van der Waals surface area (Å²) >= 11 is 0. The molecule has 0 aliphatic rings. The van der Waals surface area contributed by atoms with Crippen molar-refractivity contribution >= 4 is 5.91 Å². The van der Waals surface area contributed by atoms with Crippen molar-refractivity contribution in [1.29, 1.82) is 0 Å². The van der Waals surface area contributed by atoms with Crippen LogP contribution in [0.4, 0.5) is 0 Å². The number of carbonyl (C=O) groups excluding carboxylic acids is 1. The molecular weight excluding hydrogens is 298 g/mol. The monoisotopic (exact) mass is 319 g/mol. The summed E-state index contributed by atoms with van der Waals surface area (Å²) < 4.78 is 1.99. The van der Waals surface area contributed by atoms with Crippen LogP contribution in [0, 0.1) is 6.92 Å². The van der Waals surface area contributed by atoms with Crippen molar-refractivity contribution < 1.29 is 4.79 Å². The lowest BCUT2D eigenvalue weighted by molar-refractivity contribution is 0.0940. The number of imidazole rings is 1. The number of hydrogen-bond donors (Lipinski definition) is 1. The van der Waals surface area contributed by atoms with Crippen molar-refractivity contribution in [2.45, 2.75) is 26.4 Å². The van der Waals surface area contributed by atoms with Crippen LogP contribution in [-0.4, -0.2) is 15.5 Å². The van der Waals surface area contributed by atoms with E-state index in [-0.39, 0.29) is 11.9 Å². The Morgan fingerprint density at radius 2 is 1.83 bits per heavy atom. The van der Waals surface area contributed by atoms with Gasteiger partial charge in [0.25, 0.3) is 5.91 Å². The van der Waals surface area contributed by atoms with E-state index in [0.717, 1.165) is 17.7 Å². The molecule has 0 unspecified atom stereocenters. The minimum absolute atomic E-state index is 0.0243. The Morgan fingerprint density at radius 3 is 2.46 bits per heavy atom. The number of benzene rings is 2. The standard InChI is InChI=1S/C20H21N3O/c1-15-3-7-18(8-4-15)16(2)22-20(24)19-9-5-17(6-10-19)13-23-12-11-21-14-23/h3-12,14,16H,13H2,1-2H3,(H,22,24)/t16-/m0/s1. The average molecular weight is 319 g/mol. The molecule has 1 atom stereocenters. The molecule has 1 aromatic heterocycles. The van der Waals surface area contributed by atoms with Crippen LogP contribution in [0.15, 0.2) is 67.3 Å². The van der Waals surface area contributed by atoms with Crippen LogP contribution in [0.3, 0.4) is 0 Å². The van der Waals surface area contributed by atoms with E-state index >= 15 is 0 Å². The second-order valence-electron chi connectivity index (χ2n) is 6.04. The van der Waals surface area contributed by atoms with E-state index in [2.05, 4.69) is 41.5 Å². The summed E-state index contributed by atoms with van der Waals surface area (Å²) in [7, 11) is 0. The fraction of sp³-hybridized carbons (Fsp3) is 0.200. The molecule has 0 aliphatic heterocycles. The first-order valence-corrected chi connectivity index (χ1v) is 8.04. The van der Waals surface area contributed by atoms with E-state index in [1.165, 1.54) is 5.56 Å². The summed E-state index contributed by atoms with van der Waals surface area (Å²) in [6.07, 6.45) is 5.46. The Hall–Kier alpha value is -2.88. The lowest BCUT2D eigenvalue weighted by Gasteiger charge is -2.15.